The summed E-state index contributed by atoms with van der Waals surface area (Å²) in [7, 11) is 3.84. The molecule has 1 atom stereocenters. The van der Waals surface area contributed by atoms with Crippen LogP contribution in [0.1, 0.15) is 23.6 Å². The van der Waals surface area contributed by atoms with Gasteiger partial charge in [-0.3, -0.25) is 4.79 Å². The van der Waals surface area contributed by atoms with E-state index in [1.807, 2.05) is 55.9 Å². The van der Waals surface area contributed by atoms with E-state index in [0.717, 1.165) is 5.52 Å². The van der Waals surface area contributed by atoms with Crippen LogP contribution in [0.2, 0.25) is 0 Å². The summed E-state index contributed by atoms with van der Waals surface area (Å²) >= 11 is 0.601. The van der Waals surface area contributed by atoms with Crippen LogP contribution in [0.15, 0.2) is 24.3 Å². The standard InChI is InChI=1S/C24H28F3N9OS/c1-14-11-34(9-10-35(14)19(37)13-36-15(2)28-18(32-36)12-33(3)4)22-20(31-23(38-22)24(25,26)27)21-29-16-7-5-6-8-17(16)30-21/h5-8,14H,9-13H2,1-4H3,(H,29,30). The molecule has 1 unspecified atom stereocenters. The number of piperazine rings is 1. The van der Waals surface area contributed by atoms with E-state index in [1.54, 1.807) is 15.6 Å². The van der Waals surface area contributed by atoms with E-state index in [2.05, 4.69) is 25.0 Å². The highest BCUT2D eigenvalue weighted by Crippen LogP contribution is 2.42. The van der Waals surface area contributed by atoms with Gasteiger partial charge in [-0.1, -0.05) is 23.5 Å². The Kier molecular flexibility index (Phi) is 6.86. The lowest BCUT2D eigenvalue weighted by Crippen LogP contribution is -2.54. The topological polar surface area (TPSA) is 99.1 Å². The summed E-state index contributed by atoms with van der Waals surface area (Å²) < 4.78 is 42.6. The third-order valence-electron chi connectivity index (χ3n) is 6.34. The number of anilines is 1. The Morgan fingerprint density at radius 3 is 2.63 bits per heavy atom. The van der Waals surface area contributed by atoms with Crippen molar-refractivity contribution >= 4 is 33.3 Å². The second-order valence-corrected chi connectivity index (χ2v) is 10.6. The van der Waals surface area contributed by atoms with Gasteiger partial charge in [-0.2, -0.15) is 18.3 Å². The molecule has 202 valence electrons. The van der Waals surface area contributed by atoms with Crippen molar-refractivity contribution in [2.45, 2.75) is 39.2 Å². The van der Waals surface area contributed by atoms with Crippen LogP contribution in [0.3, 0.4) is 0 Å². The molecule has 14 heteroatoms. The summed E-state index contributed by atoms with van der Waals surface area (Å²) in [6.07, 6.45) is -4.58. The van der Waals surface area contributed by atoms with Crippen LogP contribution in [0.25, 0.3) is 22.6 Å². The van der Waals surface area contributed by atoms with Gasteiger partial charge in [0.25, 0.3) is 0 Å². The first-order valence-corrected chi connectivity index (χ1v) is 12.9. The van der Waals surface area contributed by atoms with Crippen molar-refractivity contribution in [3.05, 3.63) is 40.9 Å². The molecule has 38 heavy (non-hydrogen) atoms. The van der Waals surface area contributed by atoms with Gasteiger partial charge < -0.3 is 19.7 Å². The molecular weight excluding hydrogens is 519 g/mol. The molecule has 0 aliphatic carbocycles. The van der Waals surface area contributed by atoms with Gasteiger partial charge >= 0.3 is 6.18 Å². The highest BCUT2D eigenvalue weighted by atomic mass is 32.1. The summed E-state index contributed by atoms with van der Waals surface area (Å²) in [6, 6.07) is 7.02. The van der Waals surface area contributed by atoms with Gasteiger partial charge in [0.15, 0.2) is 11.6 Å². The van der Waals surface area contributed by atoms with E-state index < -0.39 is 11.2 Å². The van der Waals surface area contributed by atoms with Gasteiger partial charge in [0, 0.05) is 25.7 Å². The molecule has 0 spiro atoms. The molecule has 5 rings (SSSR count). The minimum absolute atomic E-state index is 0.0552. The Bertz CT molecular complexity index is 1420. The lowest BCUT2D eigenvalue weighted by atomic mass is 10.2. The number of carbonyl (C=O) groups is 1. The maximum Gasteiger partial charge on any atom is 0.443 e. The summed E-state index contributed by atoms with van der Waals surface area (Å²) in [5, 5.41) is 3.90. The third-order valence-corrected chi connectivity index (χ3v) is 7.50. The van der Waals surface area contributed by atoms with Gasteiger partial charge in [-0.15, -0.1) is 0 Å². The number of nitrogens with zero attached hydrogens (tertiary/aromatic N) is 8. The average Bonchev–Trinajstić information content (AvgIpc) is 3.55. The number of aromatic amines is 1. The van der Waals surface area contributed by atoms with Crippen molar-refractivity contribution in [2.24, 2.45) is 0 Å². The van der Waals surface area contributed by atoms with Crippen LogP contribution in [-0.4, -0.2) is 85.2 Å². The molecule has 0 radical (unpaired) electrons. The highest BCUT2D eigenvalue weighted by Gasteiger charge is 2.39. The molecule has 0 saturated carbocycles. The van der Waals surface area contributed by atoms with Gasteiger partial charge in [-0.05, 0) is 40.1 Å². The molecule has 1 aliphatic heterocycles. The molecule has 1 aromatic carbocycles. The largest absolute Gasteiger partial charge is 0.443 e. The number of nitrogens with one attached hydrogen (secondary N) is 1. The zero-order valence-electron chi connectivity index (χ0n) is 21.5. The van der Waals surface area contributed by atoms with E-state index in [1.165, 1.54) is 0 Å². The lowest BCUT2D eigenvalue weighted by Gasteiger charge is -2.40. The average molecular weight is 548 g/mol. The lowest BCUT2D eigenvalue weighted by molar-refractivity contribution is -0.137. The molecular formula is C24H28F3N9OS. The van der Waals surface area contributed by atoms with Gasteiger partial charge in [-0.25, -0.2) is 19.6 Å². The first-order chi connectivity index (χ1) is 18.0. The van der Waals surface area contributed by atoms with E-state index in [0.29, 0.717) is 59.7 Å². The second-order valence-electron chi connectivity index (χ2n) is 9.63. The number of H-pyrrole nitrogens is 1. The van der Waals surface area contributed by atoms with E-state index in [9.17, 15) is 18.0 Å². The van der Waals surface area contributed by atoms with Gasteiger partial charge in [0.2, 0.25) is 10.9 Å². The second kappa shape index (κ2) is 9.98. The number of para-hydroxylation sites is 2. The number of hydrogen-bond donors (Lipinski definition) is 1. The zero-order valence-corrected chi connectivity index (χ0v) is 22.3. The molecule has 1 N–H and O–H groups in total. The number of hydrogen-bond acceptors (Lipinski definition) is 8. The SMILES string of the molecule is Cc1nc(CN(C)C)nn1CC(=O)N1CCN(c2sc(C(F)(F)F)nc2-c2nc3ccccc3[nH]2)CC1C. The Labute approximate surface area is 221 Å². The molecule has 4 heterocycles. The number of thiazole rings is 1. The molecule has 1 saturated heterocycles. The number of aromatic nitrogens is 6. The fourth-order valence-electron chi connectivity index (χ4n) is 4.58. The van der Waals surface area contributed by atoms with Crippen LogP contribution in [0.4, 0.5) is 18.2 Å². The number of rotatable bonds is 6. The van der Waals surface area contributed by atoms with E-state index in [4.69, 9.17) is 0 Å². The molecule has 4 aromatic rings. The number of fused-ring (bicyclic) bond motifs is 1. The predicted octanol–water partition coefficient (Wildman–Crippen LogP) is 3.40. The fourth-order valence-corrected chi connectivity index (χ4v) is 5.55. The normalized spacial score (nSPS) is 16.7. The minimum Gasteiger partial charge on any atom is -0.358 e. The predicted molar refractivity (Wildman–Crippen MR) is 138 cm³/mol. The van der Waals surface area contributed by atoms with E-state index in [-0.39, 0.29) is 30.0 Å². The summed E-state index contributed by atoms with van der Waals surface area (Å²) in [6.45, 7) is 5.41. The minimum atomic E-state index is -4.58. The summed E-state index contributed by atoms with van der Waals surface area (Å²) in [5.41, 5.74) is 1.53. The number of halogens is 3. The van der Waals surface area contributed by atoms with Crippen molar-refractivity contribution in [1.82, 2.24) is 39.5 Å². The number of amides is 1. The van der Waals surface area contributed by atoms with Gasteiger partial charge in [0.05, 0.1) is 17.6 Å². The number of aryl methyl sites for hydroxylation is 1. The quantitative estimate of drug-likeness (QED) is 0.395. The Morgan fingerprint density at radius 1 is 1.18 bits per heavy atom. The highest BCUT2D eigenvalue weighted by molar-refractivity contribution is 7.16. The molecule has 0 bridgehead atoms. The summed E-state index contributed by atoms with van der Waals surface area (Å²) in [5.74, 6) is 1.47. The fraction of sp³-hybridized carbons (Fsp3) is 0.458. The number of imidazole rings is 1. The maximum absolute atomic E-state index is 13.7. The Hall–Kier alpha value is -3.52. The van der Waals surface area contributed by atoms with Crippen molar-refractivity contribution in [3.63, 3.8) is 0 Å². The zero-order chi connectivity index (χ0) is 27.2. The maximum atomic E-state index is 13.7. The first kappa shape index (κ1) is 26.1. The monoisotopic (exact) mass is 547 g/mol. The smallest absolute Gasteiger partial charge is 0.358 e. The number of carbonyl (C=O) groups excluding carboxylic acids is 1. The van der Waals surface area contributed by atoms with Crippen molar-refractivity contribution in [1.29, 1.82) is 0 Å². The van der Waals surface area contributed by atoms with Crippen molar-refractivity contribution in [3.8, 4) is 11.5 Å². The van der Waals surface area contributed by atoms with Crippen molar-refractivity contribution in [2.75, 3.05) is 38.6 Å². The van der Waals surface area contributed by atoms with E-state index >= 15 is 0 Å². The Balaban J connectivity index is 1.36. The van der Waals surface area contributed by atoms with Crippen LogP contribution in [0.5, 0.6) is 0 Å². The molecule has 1 amide bonds. The molecule has 10 nitrogen and oxygen atoms in total. The molecule has 1 fully saturated rings. The molecule has 3 aromatic heterocycles. The third kappa shape index (κ3) is 5.23. The van der Waals surface area contributed by atoms with Gasteiger partial charge in [0.1, 0.15) is 23.1 Å². The molecule has 1 aliphatic rings. The first-order valence-electron chi connectivity index (χ1n) is 12.1. The Morgan fingerprint density at radius 2 is 1.95 bits per heavy atom. The van der Waals surface area contributed by atoms with Crippen LogP contribution in [-0.2, 0) is 24.1 Å². The van der Waals surface area contributed by atoms with Crippen LogP contribution in [0, 0.1) is 6.92 Å². The van der Waals surface area contributed by atoms with Crippen LogP contribution < -0.4 is 4.90 Å². The number of benzene rings is 1. The number of alkyl halides is 3. The summed E-state index contributed by atoms with van der Waals surface area (Å²) in [4.78, 5) is 34.7. The van der Waals surface area contributed by atoms with Crippen LogP contribution >= 0.6 is 11.3 Å². The van der Waals surface area contributed by atoms with Crippen molar-refractivity contribution < 1.29 is 18.0 Å².